The molecule has 8 rings (SSSR count). The van der Waals surface area contributed by atoms with Crippen LogP contribution in [0.5, 0.6) is 0 Å². The van der Waals surface area contributed by atoms with Gasteiger partial charge in [-0.2, -0.15) is 0 Å². The SMILES string of the molecule is Nc1nc(C(=NOC(c2ccccc2)(c2ccccc2)c2ccccc2)C(=O)N[C@@H]2C(=O)N3C(C(=O)O)=C(C=C4CCN(C5CNC5)C4=O)CS[C@H]23)cs1. The average Bonchev–Trinajstić information content (AvgIpc) is 3.76. The highest BCUT2D eigenvalue weighted by atomic mass is 32.2. The van der Waals surface area contributed by atoms with Crippen LogP contribution in [0.2, 0.25) is 0 Å². The summed E-state index contributed by atoms with van der Waals surface area (Å²) < 4.78 is 0. The molecule has 2 atom stereocenters. The lowest BCUT2D eigenvalue weighted by Gasteiger charge is -2.49. The first-order valence-corrected chi connectivity index (χ1v) is 19.3. The van der Waals surface area contributed by atoms with E-state index in [1.165, 1.54) is 16.7 Å². The summed E-state index contributed by atoms with van der Waals surface area (Å²) in [6.45, 7) is 2.04. The lowest BCUT2D eigenvalue weighted by atomic mass is 9.80. The average molecular weight is 762 g/mol. The van der Waals surface area contributed by atoms with Gasteiger partial charge < -0.3 is 31.2 Å². The first kappa shape index (κ1) is 35.3. The summed E-state index contributed by atoms with van der Waals surface area (Å²) in [5, 5.41) is 21.8. The molecule has 5 heterocycles. The van der Waals surface area contributed by atoms with Gasteiger partial charge in [0.1, 0.15) is 22.8 Å². The maximum Gasteiger partial charge on any atom is 0.352 e. The number of carboxylic acids is 1. The minimum Gasteiger partial charge on any atom is -0.477 e. The number of rotatable bonds is 11. The van der Waals surface area contributed by atoms with E-state index in [1.54, 1.807) is 11.5 Å². The highest BCUT2D eigenvalue weighted by Gasteiger charge is 2.54. The van der Waals surface area contributed by atoms with Crippen LogP contribution in [0, 0.1) is 0 Å². The third-order valence-corrected chi connectivity index (χ3v) is 12.0. The van der Waals surface area contributed by atoms with Gasteiger partial charge in [-0.1, -0.05) is 96.2 Å². The standard InChI is InChI=1S/C39H35N7O6S2/c40-38-42-29(22-54-38)30(44-52-39(25-10-4-1-5-11-25,26-12-6-2-7-13-26)27-14-8-3-9-15-27)33(47)43-31-35(49)46-32(37(50)51)24(21-53-36(31)46)18-23-16-17-45(34(23)48)28-19-41-20-28/h1-15,18,22,28,31,36,41H,16-17,19-21H2,(H2,40,42)(H,43,47)(H,50,51)/t31-,36-/m1/s1. The van der Waals surface area contributed by atoms with Crippen LogP contribution in [0.1, 0.15) is 28.8 Å². The Balaban J connectivity index is 1.10. The molecule has 0 unspecified atom stereocenters. The Kier molecular flexibility index (Phi) is 9.52. The van der Waals surface area contributed by atoms with Crippen LogP contribution in [0.15, 0.2) is 124 Å². The lowest BCUT2D eigenvalue weighted by Crippen LogP contribution is -2.71. The number of fused-ring (bicyclic) bond motifs is 1. The molecular formula is C39H35N7O6S2. The Hall–Kier alpha value is -5.77. The minimum absolute atomic E-state index is 0.113. The van der Waals surface area contributed by atoms with Crippen molar-refractivity contribution in [2.24, 2.45) is 5.16 Å². The van der Waals surface area contributed by atoms with Crippen molar-refractivity contribution in [3.05, 3.63) is 142 Å². The van der Waals surface area contributed by atoms with Gasteiger partial charge in [0, 0.05) is 53.0 Å². The van der Waals surface area contributed by atoms with Crippen molar-refractivity contribution in [1.29, 1.82) is 0 Å². The van der Waals surface area contributed by atoms with Gasteiger partial charge in [0.25, 0.3) is 11.8 Å². The highest BCUT2D eigenvalue weighted by molar-refractivity contribution is 8.00. The normalized spacial score (nSPS) is 21.1. The zero-order valence-electron chi connectivity index (χ0n) is 28.8. The zero-order chi connectivity index (χ0) is 37.4. The molecule has 5 N–H and O–H groups in total. The van der Waals surface area contributed by atoms with E-state index >= 15 is 0 Å². The first-order valence-electron chi connectivity index (χ1n) is 17.3. The summed E-state index contributed by atoms with van der Waals surface area (Å²) in [5.41, 5.74) is 7.57. The molecule has 3 fully saturated rings. The third kappa shape index (κ3) is 6.23. The van der Waals surface area contributed by atoms with Gasteiger partial charge in [-0.05, 0) is 18.1 Å². The fraction of sp³-hybridized carbons (Fsp3) is 0.231. The number of hydrogen-bond acceptors (Lipinski definition) is 11. The van der Waals surface area contributed by atoms with E-state index in [0.29, 0.717) is 24.1 Å². The number of benzene rings is 3. The molecule has 3 aromatic carbocycles. The fourth-order valence-electron chi connectivity index (χ4n) is 7.18. The van der Waals surface area contributed by atoms with Crippen LogP contribution >= 0.6 is 23.1 Å². The zero-order valence-corrected chi connectivity index (χ0v) is 30.4. The number of likely N-dealkylation sites (tertiary alicyclic amines) is 1. The van der Waals surface area contributed by atoms with Crippen molar-refractivity contribution in [3.63, 3.8) is 0 Å². The molecular weight excluding hydrogens is 727 g/mol. The summed E-state index contributed by atoms with van der Waals surface area (Å²) in [6.07, 6.45) is 2.12. The minimum atomic E-state index is -1.31. The second-order valence-corrected chi connectivity index (χ2v) is 15.1. The molecule has 0 aliphatic carbocycles. The number of anilines is 1. The molecule has 54 heavy (non-hydrogen) atoms. The highest BCUT2D eigenvalue weighted by Crippen LogP contribution is 2.43. The van der Waals surface area contributed by atoms with Crippen LogP contribution < -0.4 is 16.4 Å². The van der Waals surface area contributed by atoms with Gasteiger partial charge in [-0.3, -0.25) is 19.3 Å². The van der Waals surface area contributed by atoms with Crippen molar-refractivity contribution in [2.75, 3.05) is 31.1 Å². The van der Waals surface area contributed by atoms with Crippen molar-refractivity contribution >= 4 is 57.6 Å². The molecule has 0 radical (unpaired) electrons. The quantitative estimate of drug-likeness (QED) is 0.0583. The van der Waals surface area contributed by atoms with Gasteiger partial charge in [0.05, 0.1) is 6.04 Å². The number of allylic oxidation sites excluding steroid dienone is 1. The fourth-order valence-corrected chi connectivity index (χ4v) is 9.03. The molecule has 3 amide bonds. The van der Waals surface area contributed by atoms with Crippen LogP contribution in [0.3, 0.4) is 0 Å². The smallest absolute Gasteiger partial charge is 0.352 e. The first-order chi connectivity index (χ1) is 26.3. The molecule has 4 aliphatic heterocycles. The van der Waals surface area contributed by atoms with Crippen molar-refractivity contribution in [3.8, 4) is 0 Å². The van der Waals surface area contributed by atoms with E-state index < -0.39 is 34.8 Å². The van der Waals surface area contributed by atoms with Gasteiger partial charge in [0.2, 0.25) is 11.5 Å². The molecule has 274 valence electrons. The number of carbonyl (C=O) groups excluding carboxylic acids is 3. The number of carboxylic acid groups (broad SMARTS) is 1. The number of carbonyl (C=O) groups is 4. The predicted octanol–water partition coefficient (Wildman–Crippen LogP) is 3.31. The Labute approximate surface area is 318 Å². The maximum atomic E-state index is 14.2. The van der Waals surface area contributed by atoms with Crippen LogP contribution in [0.25, 0.3) is 0 Å². The largest absolute Gasteiger partial charge is 0.477 e. The van der Waals surface area contributed by atoms with Crippen LogP contribution in [-0.2, 0) is 29.6 Å². The van der Waals surface area contributed by atoms with Crippen LogP contribution in [-0.4, -0.2) is 92.1 Å². The van der Waals surface area contributed by atoms with Gasteiger partial charge in [-0.15, -0.1) is 23.1 Å². The van der Waals surface area contributed by atoms with Crippen LogP contribution in [0.4, 0.5) is 5.13 Å². The molecule has 0 bridgehead atoms. The van der Waals surface area contributed by atoms with E-state index in [1.807, 2.05) is 95.9 Å². The summed E-state index contributed by atoms with van der Waals surface area (Å²) in [4.78, 5) is 67.5. The number of hydrogen-bond donors (Lipinski definition) is 4. The van der Waals surface area contributed by atoms with E-state index in [0.717, 1.165) is 41.1 Å². The second kappa shape index (κ2) is 14.6. The number of β-lactam (4-membered cyclic amide) rings is 1. The number of nitrogens with zero attached hydrogens (tertiary/aromatic N) is 4. The molecule has 4 aliphatic rings. The van der Waals surface area contributed by atoms with E-state index in [-0.39, 0.29) is 39.9 Å². The summed E-state index contributed by atoms with van der Waals surface area (Å²) in [7, 11) is 0. The lowest BCUT2D eigenvalue weighted by molar-refractivity contribution is -0.150. The van der Waals surface area contributed by atoms with E-state index in [9.17, 15) is 24.3 Å². The van der Waals surface area contributed by atoms with Crippen molar-refractivity contribution in [1.82, 2.24) is 25.4 Å². The summed E-state index contributed by atoms with van der Waals surface area (Å²) >= 11 is 2.43. The molecule has 3 saturated heterocycles. The van der Waals surface area contributed by atoms with E-state index in [4.69, 9.17) is 10.6 Å². The number of nitrogens with two attached hydrogens (primary N) is 1. The van der Waals surface area contributed by atoms with Crippen molar-refractivity contribution in [2.45, 2.75) is 29.5 Å². The molecule has 13 nitrogen and oxygen atoms in total. The summed E-state index contributed by atoms with van der Waals surface area (Å²) in [5.74, 6) is -2.52. The van der Waals surface area contributed by atoms with E-state index in [2.05, 4.69) is 20.8 Å². The molecule has 0 saturated carbocycles. The molecule has 15 heteroatoms. The second-order valence-electron chi connectivity index (χ2n) is 13.2. The Morgan fingerprint density at radius 3 is 2.11 bits per heavy atom. The predicted molar refractivity (Wildman–Crippen MR) is 204 cm³/mol. The number of nitrogen functional groups attached to an aromatic ring is 1. The van der Waals surface area contributed by atoms with Gasteiger partial charge >= 0.3 is 5.97 Å². The maximum absolute atomic E-state index is 14.2. The van der Waals surface area contributed by atoms with Gasteiger partial charge in [-0.25, -0.2) is 9.78 Å². The molecule has 4 aromatic rings. The number of thiazole rings is 1. The number of aliphatic carboxylic acids is 1. The van der Waals surface area contributed by atoms with Crippen molar-refractivity contribution < 1.29 is 29.1 Å². The van der Waals surface area contributed by atoms with Gasteiger partial charge in [0.15, 0.2) is 10.8 Å². The number of oxime groups is 1. The Morgan fingerprint density at radius 2 is 1.59 bits per heavy atom. The topological polar surface area (TPSA) is 180 Å². The monoisotopic (exact) mass is 761 g/mol. The Bertz CT molecular complexity index is 2110. The number of thioether (sulfide) groups is 1. The third-order valence-electron chi connectivity index (χ3n) is 9.99. The number of aromatic nitrogens is 1. The number of amides is 3. The molecule has 1 aromatic heterocycles. The molecule has 0 spiro atoms. The number of nitrogens with one attached hydrogen (secondary N) is 2. The Morgan fingerprint density at radius 1 is 0.981 bits per heavy atom. The summed E-state index contributed by atoms with van der Waals surface area (Å²) in [6, 6.07) is 27.6.